The Morgan fingerprint density at radius 3 is 2.50 bits per heavy atom. The average Bonchev–Trinajstić information content (AvgIpc) is 2.88. The Bertz CT molecular complexity index is 878. The molecular formula is C16H14ClN5OS. The first-order valence-electron chi connectivity index (χ1n) is 7.12. The van der Waals surface area contributed by atoms with Crippen LogP contribution in [0.5, 0.6) is 0 Å². The summed E-state index contributed by atoms with van der Waals surface area (Å²) in [5.41, 5.74) is 2.27. The van der Waals surface area contributed by atoms with Gasteiger partial charge in [0.05, 0.1) is 21.3 Å². The van der Waals surface area contributed by atoms with Gasteiger partial charge in [-0.1, -0.05) is 11.6 Å². The molecule has 0 aliphatic rings. The first kappa shape index (κ1) is 16.4. The van der Waals surface area contributed by atoms with Gasteiger partial charge >= 0.3 is 6.03 Å². The van der Waals surface area contributed by atoms with E-state index in [1.54, 1.807) is 47.9 Å². The zero-order valence-electron chi connectivity index (χ0n) is 13.0. The van der Waals surface area contributed by atoms with Gasteiger partial charge in [-0.2, -0.15) is 0 Å². The Hall–Kier alpha value is -2.51. The van der Waals surface area contributed by atoms with Crippen LogP contribution in [0, 0.1) is 13.8 Å². The molecule has 2 N–H and O–H groups in total. The second-order valence-corrected chi connectivity index (χ2v) is 6.64. The Balaban J connectivity index is 1.73. The van der Waals surface area contributed by atoms with Gasteiger partial charge in [0.25, 0.3) is 0 Å². The van der Waals surface area contributed by atoms with Crippen molar-refractivity contribution in [3.05, 3.63) is 52.3 Å². The number of carbonyl (C=O) groups excluding carboxylic acids is 1. The molecule has 2 heterocycles. The second-order valence-electron chi connectivity index (χ2n) is 5.00. The van der Waals surface area contributed by atoms with E-state index >= 15 is 0 Å². The third-order valence-corrected chi connectivity index (χ3v) is 4.47. The van der Waals surface area contributed by atoms with Gasteiger partial charge in [0.2, 0.25) is 5.95 Å². The highest BCUT2D eigenvalue weighted by atomic mass is 35.5. The summed E-state index contributed by atoms with van der Waals surface area (Å²) in [5, 5.41) is 6.89. The fourth-order valence-electron chi connectivity index (χ4n) is 2.11. The van der Waals surface area contributed by atoms with Crippen LogP contribution in [0.25, 0.3) is 10.6 Å². The molecule has 0 saturated heterocycles. The van der Waals surface area contributed by atoms with E-state index in [4.69, 9.17) is 11.6 Å². The molecule has 3 aromatic rings. The van der Waals surface area contributed by atoms with E-state index in [1.165, 1.54) is 0 Å². The number of aromatic nitrogens is 3. The first-order valence-corrected chi connectivity index (χ1v) is 8.32. The molecular weight excluding hydrogens is 346 g/mol. The molecule has 122 valence electrons. The minimum absolute atomic E-state index is 0.226. The summed E-state index contributed by atoms with van der Waals surface area (Å²) in [5.74, 6) is 0.226. The van der Waals surface area contributed by atoms with E-state index in [1.807, 2.05) is 13.8 Å². The van der Waals surface area contributed by atoms with Crippen LogP contribution < -0.4 is 10.6 Å². The lowest BCUT2D eigenvalue weighted by atomic mass is 10.3. The van der Waals surface area contributed by atoms with E-state index < -0.39 is 6.03 Å². The molecule has 0 atom stereocenters. The van der Waals surface area contributed by atoms with Crippen molar-refractivity contribution in [2.45, 2.75) is 13.8 Å². The molecule has 0 fully saturated rings. The standard InChI is InChI=1S/C16H14ClN5OS/c1-9-14(24-10(2)19-9)13-7-8-18-15(21-13)22-16(23)20-12-5-3-11(17)4-6-12/h3-8H,1-2H3,(H2,18,20,21,22,23). The maximum Gasteiger partial charge on any atom is 0.326 e. The second kappa shape index (κ2) is 6.94. The molecule has 0 aliphatic carbocycles. The van der Waals surface area contributed by atoms with E-state index in [-0.39, 0.29) is 5.95 Å². The molecule has 24 heavy (non-hydrogen) atoms. The van der Waals surface area contributed by atoms with Crippen molar-refractivity contribution >= 4 is 40.6 Å². The Labute approximate surface area is 148 Å². The number of hydrogen-bond donors (Lipinski definition) is 2. The zero-order valence-corrected chi connectivity index (χ0v) is 14.6. The molecule has 0 saturated carbocycles. The molecule has 3 rings (SSSR count). The summed E-state index contributed by atoms with van der Waals surface area (Å²) in [7, 11) is 0. The molecule has 0 bridgehead atoms. The van der Waals surface area contributed by atoms with E-state index in [9.17, 15) is 4.79 Å². The monoisotopic (exact) mass is 359 g/mol. The normalized spacial score (nSPS) is 10.5. The largest absolute Gasteiger partial charge is 0.326 e. The van der Waals surface area contributed by atoms with Crippen LogP contribution in [-0.2, 0) is 0 Å². The predicted octanol–water partition coefficient (Wildman–Crippen LogP) is 4.51. The molecule has 1 aromatic carbocycles. The summed E-state index contributed by atoms with van der Waals surface area (Å²) in [6, 6.07) is 8.19. The number of nitrogens with one attached hydrogen (secondary N) is 2. The number of amides is 2. The van der Waals surface area contributed by atoms with Gasteiger partial charge in [-0.05, 0) is 44.2 Å². The number of halogens is 1. The van der Waals surface area contributed by atoms with Crippen LogP contribution in [0.4, 0.5) is 16.4 Å². The van der Waals surface area contributed by atoms with Crippen molar-refractivity contribution in [2.24, 2.45) is 0 Å². The number of urea groups is 1. The Morgan fingerprint density at radius 2 is 1.83 bits per heavy atom. The number of nitrogens with zero attached hydrogens (tertiary/aromatic N) is 3. The maximum absolute atomic E-state index is 12.0. The minimum Gasteiger partial charge on any atom is -0.308 e. The van der Waals surface area contributed by atoms with Crippen molar-refractivity contribution in [3.8, 4) is 10.6 Å². The van der Waals surface area contributed by atoms with Crippen molar-refractivity contribution in [1.82, 2.24) is 15.0 Å². The van der Waals surface area contributed by atoms with Gasteiger partial charge in [0, 0.05) is 16.9 Å². The fraction of sp³-hybridized carbons (Fsp3) is 0.125. The maximum atomic E-state index is 12.0. The van der Waals surface area contributed by atoms with E-state index in [2.05, 4.69) is 25.6 Å². The molecule has 6 nitrogen and oxygen atoms in total. The number of hydrogen-bond acceptors (Lipinski definition) is 5. The summed E-state index contributed by atoms with van der Waals surface area (Å²) in [6.45, 7) is 3.88. The lowest BCUT2D eigenvalue weighted by molar-refractivity contribution is 0.262. The topological polar surface area (TPSA) is 79.8 Å². The number of rotatable bonds is 3. The number of aryl methyl sites for hydroxylation is 2. The number of thiazole rings is 1. The van der Waals surface area contributed by atoms with Crippen molar-refractivity contribution in [2.75, 3.05) is 10.6 Å². The lowest BCUT2D eigenvalue weighted by Crippen LogP contribution is -2.20. The predicted molar refractivity (Wildman–Crippen MR) is 96.7 cm³/mol. The highest BCUT2D eigenvalue weighted by Gasteiger charge is 2.11. The highest BCUT2D eigenvalue weighted by molar-refractivity contribution is 7.15. The van der Waals surface area contributed by atoms with Crippen LogP contribution in [-0.4, -0.2) is 21.0 Å². The molecule has 2 amide bonds. The minimum atomic E-state index is -0.424. The summed E-state index contributed by atoms with van der Waals surface area (Å²) >= 11 is 7.37. The van der Waals surface area contributed by atoms with Crippen LogP contribution in [0.2, 0.25) is 5.02 Å². The van der Waals surface area contributed by atoms with Gasteiger partial charge in [-0.25, -0.2) is 19.7 Å². The van der Waals surface area contributed by atoms with Crippen LogP contribution >= 0.6 is 22.9 Å². The summed E-state index contributed by atoms with van der Waals surface area (Å²) in [6.07, 6.45) is 1.61. The SMILES string of the molecule is Cc1nc(C)c(-c2ccnc(NC(=O)Nc3ccc(Cl)cc3)n2)s1. The van der Waals surface area contributed by atoms with Gasteiger partial charge in [0.15, 0.2) is 0 Å². The smallest absolute Gasteiger partial charge is 0.308 e. The van der Waals surface area contributed by atoms with Crippen LogP contribution in [0.15, 0.2) is 36.5 Å². The Morgan fingerprint density at radius 1 is 1.08 bits per heavy atom. The van der Waals surface area contributed by atoms with Gasteiger partial charge < -0.3 is 5.32 Å². The van der Waals surface area contributed by atoms with Gasteiger partial charge in [-0.3, -0.25) is 5.32 Å². The first-order chi connectivity index (χ1) is 11.5. The molecule has 0 spiro atoms. The number of anilines is 2. The van der Waals surface area contributed by atoms with Gasteiger partial charge in [0.1, 0.15) is 0 Å². The van der Waals surface area contributed by atoms with Crippen molar-refractivity contribution < 1.29 is 4.79 Å². The molecule has 8 heteroatoms. The summed E-state index contributed by atoms with van der Waals surface area (Å²) < 4.78 is 0. The van der Waals surface area contributed by atoms with Crippen LogP contribution in [0.3, 0.4) is 0 Å². The third kappa shape index (κ3) is 3.87. The van der Waals surface area contributed by atoms with E-state index in [0.29, 0.717) is 10.7 Å². The zero-order chi connectivity index (χ0) is 17.1. The molecule has 0 radical (unpaired) electrons. The third-order valence-electron chi connectivity index (χ3n) is 3.12. The summed E-state index contributed by atoms with van der Waals surface area (Å²) in [4.78, 5) is 25.9. The quantitative estimate of drug-likeness (QED) is 0.720. The highest BCUT2D eigenvalue weighted by Crippen LogP contribution is 2.28. The molecule has 0 unspecified atom stereocenters. The average molecular weight is 360 g/mol. The van der Waals surface area contributed by atoms with Gasteiger partial charge in [-0.15, -0.1) is 11.3 Å². The van der Waals surface area contributed by atoms with Crippen molar-refractivity contribution in [1.29, 1.82) is 0 Å². The van der Waals surface area contributed by atoms with Crippen molar-refractivity contribution in [3.63, 3.8) is 0 Å². The van der Waals surface area contributed by atoms with E-state index in [0.717, 1.165) is 21.3 Å². The molecule has 0 aliphatic heterocycles. The fourth-order valence-corrected chi connectivity index (χ4v) is 3.13. The van der Waals surface area contributed by atoms with Crippen LogP contribution in [0.1, 0.15) is 10.7 Å². The lowest BCUT2D eigenvalue weighted by Gasteiger charge is -2.07. The number of benzene rings is 1. The Kier molecular flexibility index (Phi) is 4.73. The number of carbonyl (C=O) groups is 1. The molecule has 2 aromatic heterocycles.